The van der Waals surface area contributed by atoms with Crippen LogP contribution in [-0.2, 0) is 9.53 Å². The molecule has 148 valence electrons. The number of nitrogens with one attached hydrogen (secondary N) is 1. The Labute approximate surface area is 172 Å². The highest BCUT2D eigenvalue weighted by molar-refractivity contribution is 6.31. The fraction of sp³-hybridized carbons (Fsp3) is 0.0909. The maximum atomic E-state index is 13.1. The summed E-state index contributed by atoms with van der Waals surface area (Å²) in [6, 6.07) is 18.3. The molecule has 0 bridgehead atoms. The maximum Gasteiger partial charge on any atom is 0.343 e. The maximum absolute atomic E-state index is 13.1. The Balaban J connectivity index is 1.88. The molecule has 0 aliphatic heterocycles. The molecule has 0 heterocycles. The van der Waals surface area contributed by atoms with E-state index in [-0.39, 0.29) is 11.3 Å². The van der Waals surface area contributed by atoms with Crippen LogP contribution < -0.4 is 10.1 Å². The first-order valence-corrected chi connectivity index (χ1v) is 9.01. The molecule has 3 aromatic rings. The van der Waals surface area contributed by atoms with Crippen LogP contribution in [0.25, 0.3) is 0 Å². The number of amides is 1. The van der Waals surface area contributed by atoms with Crippen molar-refractivity contribution in [3.05, 3.63) is 94.8 Å². The fourth-order valence-corrected chi connectivity index (χ4v) is 2.82. The van der Waals surface area contributed by atoms with Crippen molar-refractivity contribution in [2.24, 2.45) is 0 Å². The highest BCUT2D eigenvalue weighted by Crippen LogP contribution is 2.27. The molecule has 5 nitrogen and oxygen atoms in total. The second kappa shape index (κ2) is 9.21. The molecular weight excluding hydrogens is 397 g/mol. The van der Waals surface area contributed by atoms with Crippen molar-refractivity contribution in [1.29, 1.82) is 0 Å². The highest BCUT2D eigenvalue weighted by Gasteiger charge is 2.27. The molecule has 1 N–H and O–H groups in total. The van der Waals surface area contributed by atoms with Crippen molar-refractivity contribution in [3.8, 4) is 5.75 Å². The summed E-state index contributed by atoms with van der Waals surface area (Å²) in [5.41, 5.74) is 0.936. The molecule has 0 unspecified atom stereocenters. The molecule has 1 atom stereocenters. The number of carbonyl (C=O) groups excluding carboxylic acids is 2. The minimum absolute atomic E-state index is 0.0931. The monoisotopic (exact) mass is 413 g/mol. The van der Waals surface area contributed by atoms with Crippen LogP contribution in [-0.4, -0.2) is 19.0 Å². The van der Waals surface area contributed by atoms with E-state index in [9.17, 15) is 14.0 Å². The van der Waals surface area contributed by atoms with Crippen molar-refractivity contribution in [2.45, 2.75) is 6.10 Å². The number of hydrogen-bond acceptors (Lipinski definition) is 4. The highest BCUT2D eigenvalue weighted by atomic mass is 35.5. The summed E-state index contributed by atoms with van der Waals surface area (Å²) in [6.45, 7) is 0. The second-order valence-corrected chi connectivity index (χ2v) is 6.47. The number of hydrogen-bond donors (Lipinski definition) is 1. The third-order valence-corrected chi connectivity index (χ3v) is 4.29. The van der Waals surface area contributed by atoms with E-state index in [0.717, 1.165) is 0 Å². The van der Waals surface area contributed by atoms with E-state index < -0.39 is 23.8 Å². The third kappa shape index (κ3) is 5.12. The van der Waals surface area contributed by atoms with Gasteiger partial charge in [0.1, 0.15) is 17.1 Å². The molecule has 29 heavy (non-hydrogen) atoms. The SMILES string of the molecule is COc1ccc(Cl)cc1C(=O)O[C@@H](C(=O)Nc1ccc(F)cc1)c1ccccc1. The lowest BCUT2D eigenvalue weighted by atomic mass is 10.1. The first-order chi connectivity index (χ1) is 14.0. The van der Waals surface area contributed by atoms with E-state index in [4.69, 9.17) is 21.1 Å². The lowest BCUT2D eigenvalue weighted by molar-refractivity contribution is -0.125. The number of carbonyl (C=O) groups is 2. The second-order valence-electron chi connectivity index (χ2n) is 6.04. The summed E-state index contributed by atoms with van der Waals surface area (Å²) >= 11 is 5.98. The summed E-state index contributed by atoms with van der Waals surface area (Å²) in [7, 11) is 1.41. The molecule has 0 spiro atoms. The van der Waals surface area contributed by atoms with Gasteiger partial charge in [-0.25, -0.2) is 9.18 Å². The zero-order valence-electron chi connectivity index (χ0n) is 15.4. The number of benzene rings is 3. The largest absolute Gasteiger partial charge is 0.496 e. The molecule has 0 fully saturated rings. The van der Waals surface area contributed by atoms with E-state index in [2.05, 4.69) is 5.32 Å². The Morgan fingerprint density at radius 1 is 1.00 bits per heavy atom. The van der Waals surface area contributed by atoms with Crippen LogP contribution in [0.3, 0.4) is 0 Å². The van der Waals surface area contributed by atoms with Gasteiger partial charge in [-0.2, -0.15) is 0 Å². The number of rotatable bonds is 6. The minimum atomic E-state index is -1.24. The minimum Gasteiger partial charge on any atom is -0.496 e. The number of anilines is 1. The van der Waals surface area contributed by atoms with Gasteiger partial charge in [0.15, 0.2) is 0 Å². The van der Waals surface area contributed by atoms with Crippen LogP contribution in [0.5, 0.6) is 5.75 Å². The van der Waals surface area contributed by atoms with Crippen LogP contribution in [0.15, 0.2) is 72.8 Å². The average molecular weight is 414 g/mol. The predicted octanol–water partition coefficient (Wildman–Crippen LogP) is 5.02. The van der Waals surface area contributed by atoms with Crippen LogP contribution in [0, 0.1) is 5.82 Å². The van der Waals surface area contributed by atoms with E-state index >= 15 is 0 Å². The summed E-state index contributed by atoms with van der Waals surface area (Å²) in [6.07, 6.45) is -1.24. The molecule has 1 amide bonds. The standard InChI is InChI=1S/C22H17ClFNO4/c1-28-19-12-7-15(23)13-18(19)22(27)29-20(14-5-3-2-4-6-14)21(26)25-17-10-8-16(24)9-11-17/h2-13,20H,1H3,(H,25,26)/t20-/m1/s1. The molecule has 7 heteroatoms. The van der Waals surface area contributed by atoms with Gasteiger partial charge in [-0.05, 0) is 42.5 Å². The predicted molar refractivity (Wildman–Crippen MR) is 108 cm³/mol. The number of halogens is 2. The van der Waals surface area contributed by atoms with Crippen LogP contribution in [0.2, 0.25) is 5.02 Å². The van der Waals surface area contributed by atoms with Gasteiger partial charge in [-0.3, -0.25) is 4.79 Å². The van der Waals surface area contributed by atoms with Crippen molar-refractivity contribution in [1.82, 2.24) is 0 Å². The van der Waals surface area contributed by atoms with Gasteiger partial charge in [-0.1, -0.05) is 41.9 Å². The van der Waals surface area contributed by atoms with E-state index in [1.165, 1.54) is 43.5 Å². The van der Waals surface area contributed by atoms with Gasteiger partial charge >= 0.3 is 5.97 Å². The van der Waals surface area contributed by atoms with Crippen molar-refractivity contribution < 1.29 is 23.5 Å². The fourth-order valence-electron chi connectivity index (χ4n) is 2.65. The van der Waals surface area contributed by atoms with E-state index in [1.807, 2.05) is 0 Å². The summed E-state index contributed by atoms with van der Waals surface area (Å²) in [4.78, 5) is 25.6. The van der Waals surface area contributed by atoms with Crippen molar-refractivity contribution in [3.63, 3.8) is 0 Å². The third-order valence-electron chi connectivity index (χ3n) is 4.06. The molecule has 0 saturated carbocycles. The molecule has 3 aromatic carbocycles. The van der Waals surface area contributed by atoms with Crippen LogP contribution in [0.1, 0.15) is 22.0 Å². The van der Waals surface area contributed by atoms with Crippen LogP contribution in [0.4, 0.5) is 10.1 Å². The molecule has 0 radical (unpaired) electrons. The molecule has 0 aliphatic rings. The molecule has 3 rings (SSSR count). The van der Waals surface area contributed by atoms with E-state index in [1.54, 1.807) is 36.4 Å². The number of ether oxygens (including phenoxy) is 2. The molecule has 0 saturated heterocycles. The first-order valence-electron chi connectivity index (χ1n) is 8.64. The summed E-state index contributed by atoms with van der Waals surface area (Å²) in [5, 5.41) is 2.95. The Kier molecular flexibility index (Phi) is 6.46. The van der Waals surface area contributed by atoms with Gasteiger partial charge in [0.05, 0.1) is 7.11 Å². The number of methoxy groups -OCH3 is 1. The van der Waals surface area contributed by atoms with Gasteiger partial charge in [0, 0.05) is 16.3 Å². The van der Waals surface area contributed by atoms with Crippen LogP contribution >= 0.6 is 11.6 Å². The summed E-state index contributed by atoms with van der Waals surface area (Å²) < 4.78 is 23.8. The van der Waals surface area contributed by atoms with Crippen molar-refractivity contribution >= 4 is 29.2 Å². The van der Waals surface area contributed by atoms with Gasteiger partial charge in [-0.15, -0.1) is 0 Å². The average Bonchev–Trinajstić information content (AvgIpc) is 2.74. The van der Waals surface area contributed by atoms with Gasteiger partial charge in [0.2, 0.25) is 6.10 Å². The lowest BCUT2D eigenvalue weighted by Gasteiger charge is -2.19. The van der Waals surface area contributed by atoms with E-state index in [0.29, 0.717) is 16.3 Å². The Hall–Kier alpha value is -3.38. The lowest BCUT2D eigenvalue weighted by Crippen LogP contribution is -2.26. The zero-order valence-corrected chi connectivity index (χ0v) is 16.2. The number of esters is 1. The Bertz CT molecular complexity index is 1010. The Morgan fingerprint density at radius 3 is 2.34 bits per heavy atom. The molecule has 0 aromatic heterocycles. The smallest absolute Gasteiger partial charge is 0.343 e. The Morgan fingerprint density at radius 2 is 1.69 bits per heavy atom. The van der Waals surface area contributed by atoms with Gasteiger partial charge < -0.3 is 14.8 Å². The molecule has 0 aliphatic carbocycles. The van der Waals surface area contributed by atoms with Crippen molar-refractivity contribution in [2.75, 3.05) is 12.4 Å². The first kappa shape index (κ1) is 20.4. The normalized spacial score (nSPS) is 11.4. The summed E-state index contributed by atoms with van der Waals surface area (Å²) in [5.74, 6) is -1.52. The quantitative estimate of drug-likeness (QED) is 0.576. The molecular formula is C22H17ClFNO4. The zero-order chi connectivity index (χ0) is 20.8. The topological polar surface area (TPSA) is 64.6 Å². The van der Waals surface area contributed by atoms with Gasteiger partial charge in [0.25, 0.3) is 5.91 Å².